The molecule has 0 aliphatic heterocycles. The van der Waals surface area contributed by atoms with E-state index < -0.39 is 11.7 Å². The van der Waals surface area contributed by atoms with Gasteiger partial charge >= 0.3 is 0 Å². The van der Waals surface area contributed by atoms with Gasteiger partial charge in [0.25, 0.3) is 5.91 Å². The van der Waals surface area contributed by atoms with Crippen LogP contribution in [0.1, 0.15) is 15.9 Å². The topological polar surface area (TPSA) is 66.6 Å². The van der Waals surface area contributed by atoms with Gasteiger partial charge in [-0.05, 0) is 29.8 Å². The average Bonchev–Trinajstić information content (AvgIpc) is 2.46. The number of halogens is 1. The number of anilines is 1. The molecule has 0 bridgehead atoms. The van der Waals surface area contributed by atoms with Gasteiger partial charge in [-0.1, -0.05) is 12.1 Å². The van der Waals surface area contributed by atoms with Crippen LogP contribution in [0.15, 0.2) is 42.5 Å². The smallest absolute Gasteiger partial charge is 0.261 e. The van der Waals surface area contributed by atoms with Gasteiger partial charge in [-0.2, -0.15) is 0 Å². The molecule has 0 aliphatic rings. The monoisotopic (exact) mass is 274 g/mol. The summed E-state index contributed by atoms with van der Waals surface area (Å²) in [6, 6.07) is 10.5. The number of carbonyl (C=O) groups excluding carboxylic acids is 1. The molecule has 0 aliphatic carbocycles. The zero-order chi connectivity index (χ0) is 14.7. The number of carbonyl (C=O) groups is 1. The summed E-state index contributed by atoms with van der Waals surface area (Å²) in [6.45, 7) is 0.373. The number of hydrogen-bond donors (Lipinski definition) is 2. The van der Waals surface area contributed by atoms with E-state index in [2.05, 4.69) is 0 Å². The van der Waals surface area contributed by atoms with Gasteiger partial charge in [-0.15, -0.1) is 0 Å². The van der Waals surface area contributed by atoms with E-state index in [0.29, 0.717) is 12.2 Å². The van der Waals surface area contributed by atoms with E-state index in [1.807, 2.05) is 6.07 Å². The highest BCUT2D eigenvalue weighted by Gasteiger charge is 2.17. The molecule has 0 saturated heterocycles. The van der Waals surface area contributed by atoms with Crippen LogP contribution >= 0.6 is 0 Å². The summed E-state index contributed by atoms with van der Waals surface area (Å²) in [5.74, 6) is -1.39. The van der Waals surface area contributed by atoms with Gasteiger partial charge in [0.2, 0.25) is 0 Å². The Balaban J connectivity index is 2.32. The van der Waals surface area contributed by atoms with E-state index in [-0.39, 0.29) is 11.3 Å². The summed E-state index contributed by atoms with van der Waals surface area (Å²) in [5, 5.41) is 9.65. The van der Waals surface area contributed by atoms with E-state index in [4.69, 9.17) is 5.73 Å². The standard InChI is InChI=1S/C15H15FN2O2/c1-18(12-4-2-3-10(7-12)9-17)15(20)13-6-5-11(16)8-14(13)19/h2-8,19H,9,17H2,1H3. The second-order valence-corrected chi connectivity index (χ2v) is 4.40. The third-order valence-corrected chi connectivity index (χ3v) is 3.03. The lowest BCUT2D eigenvalue weighted by atomic mass is 10.1. The van der Waals surface area contributed by atoms with E-state index in [0.717, 1.165) is 17.7 Å². The first-order valence-corrected chi connectivity index (χ1v) is 6.08. The van der Waals surface area contributed by atoms with Gasteiger partial charge in [0.15, 0.2) is 0 Å². The molecule has 0 radical (unpaired) electrons. The van der Waals surface area contributed by atoms with Crippen LogP contribution in [0.5, 0.6) is 5.75 Å². The highest BCUT2D eigenvalue weighted by Crippen LogP contribution is 2.23. The van der Waals surface area contributed by atoms with Crippen molar-refractivity contribution in [2.75, 3.05) is 11.9 Å². The van der Waals surface area contributed by atoms with Crippen LogP contribution in [0.4, 0.5) is 10.1 Å². The van der Waals surface area contributed by atoms with Crippen molar-refractivity contribution in [2.45, 2.75) is 6.54 Å². The van der Waals surface area contributed by atoms with E-state index in [9.17, 15) is 14.3 Å². The predicted octanol–water partition coefficient (Wildman–Crippen LogP) is 2.27. The number of aromatic hydroxyl groups is 1. The summed E-state index contributed by atoms with van der Waals surface area (Å²) in [5.41, 5.74) is 7.16. The van der Waals surface area contributed by atoms with Crippen molar-refractivity contribution in [1.29, 1.82) is 0 Å². The average molecular weight is 274 g/mol. The van der Waals surface area contributed by atoms with Gasteiger partial charge in [-0.25, -0.2) is 4.39 Å². The van der Waals surface area contributed by atoms with Crippen molar-refractivity contribution in [3.8, 4) is 5.75 Å². The van der Waals surface area contributed by atoms with E-state index in [1.54, 1.807) is 25.2 Å². The number of benzene rings is 2. The number of phenolic OH excluding ortho intramolecular Hbond substituents is 1. The molecule has 1 amide bonds. The molecule has 2 aromatic carbocycles. The highest BCUT2D eigenvalue weighted by molar-refractivity contribution is 6.07. The molecular formula is C15H15FN2O2. The third-order valence-electron chi connectivity index (χ3n) is 3.03. The minimum absolute atomic E-state index is 0.0482. The second kappa shape index (κ2) is 5.71. The zero-order valence-electron chi connectivity index (χ0n) is 11.0. The van der Waals surface area contributed by atoms with Crippen molar-refractivity contribution < 1.29 is 14.3 Å². The normalized spacial score (nSPS) is 10.3. The summed E-state index contributed by atoms with van der Waals surface area (Å²) in [6.07, 6.45) is 0. The first-order chi connectivity index (χ1) is 9.52. The Labute approximate surface area is 116 Å². The summed E-state index contributed by atoms with van der Waals surface area (Å²) in [7, 11) is 1.58. The fraction of sp³-hybridized carbons (Fsp3) is 0.133. The molecule has 5 heteroatoms. The molecule has 20 heavy (non-hydrogen) atoms. The van der Waals surface area contributed by atoms with Gasteiger partial charge in [0, 0.05) is 25.3 Å². The van der Waals surface area contributed by atoms with Crippen LogP contribution in [0.25, 0.3) is 0 Å². The fourth-order valence-electron chi connectivity index (χ4n) is 1.88. The van der Waals surface area contributed by atoms with Crippen molar-refractivity contribution in [2.24, 2.45) is 5.73 Å². The van der Waals surface area contributed by atoms with E-state index >= 15 is 0 Å². The van der Waals surface area contributed by atoms with Crippen molar-refractivity contribution >= 4 is 11.6 Å². The van der Waals surface area contributed by atoms with Gasteiger partial charge < -0.3 is 15.7 Å². The maximum absolute atomic E-state index is 12.9. The maximum Gasteiger partial charge on any atom is 0.261 e. The summed E-state index contributed by atoms with van der Waals surface area (Å²) >= 11 is 0. The molecule has 0 heterocycles. The van der Waals surface area contributed by atoms with Crippen molar-refractivity contribution in [3.05, 3.63) is 59.4 Å². The van der Waals surface area contributed by atoms with Crippen LogP contribution in [0, 0.1) is 5.82 Å². The molecular weight excluding hydrogens is 259 g/mol. The Bertz CT molecular complexity index is 644. The van der Waals surface area contributed by atoms with Crippen molar-refractivity contribution in [1.82, 2.24) is 0 Å². The summed E-state index contributed by atoms with van der Waals surface area (Å²) in [4.78, 5) is 13.7. The SMILES string of the molecule is CN(C(=O)c1ccc(F)cc1O)c1cccc(CN)c1. The molecule has 0 atom stereocenters. The zero-order valence-corrected chi connectivity index (χ0v) is 11.0. The fourth-order valence-corrected chi connectivity index (χ4v) is 1.88. The van der Waals surface area contributed by atoms with Crippen molar-refractivity contribution in [3.63, 3.8) is 0 Å². The quantitative estimate of drug-likeness (QED) is 0.902. The lowest BCUT2D eigenvalue weighted by Crippen LogP contribution is -2.26. The van der Waals surface area contributed by atoms with Gasteiger partial charge in [0.05, 0.1) is 5.56 Å². The van der Waals surface area contributed by atoms with Crippen LogP contribution in [-0.2, 0) is 6.54 Å². The molecule has 0 spiro atoms. The first-order valence-electron chi connectivity index (χ1n) is 6.08. The summed E-state index contributed by atoms with van der Waals surface area (Å²) < 4.78 is 12.9. The number of nitrogens with zero attached hydrogens (tertiary/aromatic N) is 1. The second-order valence-electron chi connectivity index (χ2n) is 4.40. The molecule has 0 fully saturated rings. The Morgan fingerprint density at radius 3 is 2.70 bits per heavy atom. The third kappa shape index (κ3) is 2.78. The van der Waals surface area contributed by atoms with E-state index in [1.165, 1.54) is 11.0 Å². The Morgan fingerprint density at radius 1 is 1.30 bits per heavy atom. The first kappa shape index (κ1) is 14.0. The minimum atomic E-state index is -0.591. The Hall–Kier alpha value is -2.40. The van der Waals surface area contributed by atoms with Gasteiger partial charge in [0.1, 0.15) is 11.6 Å². The molecule has 104 valence electrons. The molecule has 0 unspecified atom stereocenters. The molecule has 3 N–H and O–H groups in total. The highest BCUT2D eigenvalue weighted by atomic mass is 19.1. The lowest BCUT2D eigenvalue weighted by molar-refractivity contribution is 0.0990. The van der Waals surface area contributed by atoms with Crippen LogP contribution < -0.4 is 10.6 Å². The van der Waals surface area contributed by atoms with Gasteiger partial charge in [-0.3, -0.25) is 4.79 Å². The van der Waals surface area contributed by atoms with Crippen LogP contribution in [0.3, 0.4) is 0 Å². The number of phenols is 1. The largest absolute Gasteiger partial charge is 0.507 e. The van der Waals surface area contributed by atoms with Crippen LogP contribution in [0.2, 0.25) is 0 Å². The molecule has 4 nitrogen and oxygen atoms in total. The number of hydrogen-bond acceptors (Lipinski definition) is 3. The maximum atomic E-state index is 12.9. The van der Waals surface area contributed by atoms with Crippen LogP contribution in [-0.4, -0.2) is 18.1 Å². The number of nitrogens with two attached hydrogens (primary N) is 1. The molecule has 0 aromatic heterocycles. The number of amides is 1. The Kier molecular flexibility index (Phi) is 4.00. The molecule has 2 rings (SSSR count). The Morgan fingerprint density at radius 2 is 2.05 bits per heavy atom. The number of rotatable bonds is 3. The lowest BCUT2D eigenvalue weighted by Gasteiger charge is -2.18. The minimum Gasteiger partial charge on any atom is -0.507 e. The molecule has 0 saturated carbocycles. The molecule has 2 aromatic rings. The predicted molar refractivity (Wildman–Crippen MR) is 75.1 cm³/mol.